The summed E-state index contributed by atoms with van der Waals surface area (Å²) in [4.78, 5) is 41.0. The number of amides is 4. The fourth-order valence-electron chi connectivity index (χ4n) is 5.05. The van der Waals surface area contributed by atoms with Crippen LogP contribution in [-0.2, 0) is 16.0 Å². The summed E-state index contributed by atoms with van der Waals surface area (Å²) < 4.78 is 14.6. The minimum atomic E-state index is -0.870. The third kappa shape index (κ3) is 3.40. The number of fused-ring (bicyclic) bond motifs is 1. The molecule has 0 aromatic heterocycles. The predicted molar refractivity (Wildman–Crippen MR) is 107 cm³/mol. The third-order valence-electron chi connectivity index (χ3n) is 6.76. The minimum absolute atomic E-state index is 0.289. The summed E-state index contributed by atoms with van der Waals surface area (Å²) in [6, 6.07) is 2.80. The second kappa shape index (κ2) is 7.43. The molecule has 4 rings (SSSR count). The van der Waals surface area contributed by atoms with Crippen molar-refractivity contribution in [3.63, 3.8) is 0 Å². The fraction of sp³-hybridized carbons (Fsp3) is 0.591. The average Bonchev–Trinajstić information content (AvgIpc) is 2.92. The molecule has 0 unspecified atom stereocenters. The monoisotopic (exact) mass is 401 g/mol. The first-order chi connectivity index (χ1) is 13.8. The van der Waals surface area contributed by atoms with E-state index in [9.17, 15) is 18.8 Å². The molecule has 1 saturated carbocycles. The van der Waals surface area contributed by atoms with Crippen LogP contribution < -0.4 is 10.2 Å². The van der Waals surface area contributed by atoms with E-state index in [1.165, 1.54) is 11.0 Å². The largest absolute Gasteiger partial charge is 0.325 e. The maximum Gasteiger partial charge on any atom is 0.325 e. The van der Waals surface area contributed by atoms with E-state index in [4.69, 9.17) is 0 Å². The number of rotatable bonds is 3. The van der Waals surface area contributed by atoms with Gasteiger partial charge in [0.05, 0.1) is 5.69 Å². The predicted octanol–water partition coefficient (Wildman–Crippen LogP) is 3.30. The highest BCUT2D eigenvalue weighted by Crippen LogP contribution is 2.38. The molecule has 1 saturated heterocycles. The van der Waals surface area contributed by atoms with Crippen LogP contribution in [0.5, 0.6) is 0 Å². The molecule has 2 fully saturated rings. The maximum atomic E-state index is 14.6. The SMILES string of the molecule is CCC1CCC2(CC1)NC(=O)N(CC(=O)N1CCCc3cc(C)cc(F)c31)C2=O. The second-order valence-corrected chi connectivity index (χ2v) is 8.66. The molecule has 1 aliphatic carbocycles. The summed E-state index contributed by atoms with van der Waals surface area (Å²) in [6.07, 6.45) is 5.53. The van der Waals surface area contributed by atoms with Crippen molar-refractivity contribution in [1.29, 1.82) is 0 Å². The number of aryl methyl sites for hydroxylation is 2. The molecule has 4 amide bonds. The molecule has 0 atom stereocenters. The first kappa shape index (κ1) is 19.9. The van der Waals surface area contributed by atoms with E-state index in [0.717, 1.165) is 41.7 Å². The minimum Gasteiger partial charge on any atom is -0.323 e. The number of nitrogens with zero attached hydrogens (tertiary/aromatic N) is 2. The Morgan fingerprint density at radius 1 is 1.28 bits per heavy atom. The first-order valence-electron chi connectivity index (χ1n) is 10.6. The van der Waals surface area contributed by atoms with E-state index in [1.54, 1.807) is 0 Å². The highest BCUT2D eigenvalue weighted by Gasteiger charge is 2.52. The second-order valence-electron chi connectivity index (χ2n) is 8.66. The number of carbonyl (C=O) groups is 3. The van der Waals surface area contributed by atoms with Crippen LogP contribution in [0.2, 0.25) is 0 Å². The van der Waals surface area contributed by atoms with Crippen molar-refractivity contribution in [2.75, 3.05) is 18.0 Å². The average molecular weight is 401 g/mol. The highest BCUT2D eigenvalue weighted by atomic mass is 19.1. The Kier molecular flexibility index (Phi) is 5.09. The Morgan fingerprint density at radius 2 is 2.00 bits per heavy atom. The number of hydrogen-bond acceptors (Lipinski definition) is 3. The topological polar surface area (TPSA) is 69.7 Å². The Bertz CT molecular complexity index is 861. The molecule has 0 radical (unpaired) electrons. The number of benzene rings is 1. The molecule has 1 aromatic carbocycles. The quantitative estimate of drug-likeness (QED) is 0.790. The smallest absolute Gasteiger partial charge is 0.323 e. The van der Waals surface area contributed by atoms with Gasteiger partial charge >= 0.3 is 6.03 Å². The van der Waals surface area contributed by atoms with E-state index in [2.05, 4.69) is 12.2 Å². The molecular formula is C22H28FN3O3. The van der Waals surface area contributed by atoms with Gasteiger partial charge in [0, 0.05) is 6.54 Å². The van der Waals surface area contributed by atoms with Crippen molar-refractivity contribution >= 4 is 23.5 Å². The van der Waals surface area contributed by atoms with Crippen LogP contribution in [-0.4, -0.2) is 41.4 Å². The summed E-state index contributed by atoms with van der Waals surface area (Å²) >= 11 is 0. The molecular weight excluding hydrogens is 373 g/mol. The molecule has 1 N–H and O–H groups in total. The van der Waals surface area contributed by atoms with Crippen molar-refractivity contribution in [2.45, 2.75) is 64.3 Å². The maximum absolute atomic E-state index is 14.6. The molecule has 2 heterocycles. The molecule has 29 heavy (non-hydrogen) atoms. The van der Waals surface area contributed by atoms with Crippen LogP contribution in [0.4, 0.5) is 14.9 Å². The van der Waals surface area contributed by atoms with Gasteiger partial charge in [0.15, 0.2) is 0 Å². The number of urea groups is 1. The van der Waals surface area contributed by atoms with Gasteiger partial charge in [-0.05, 0) is 68.6 Å². The van der Waals surface area contributed by atoms with Gasteiger partial charge in [-0.15, -0.1) is 0 Å². The van der Waals surface area contributed by atoms with Crippen molar-refractivity contribution in [2.24, 2.45) is 5.92 Å². The van der Waals surface area contributed by atoms with Crippen molar-refractivity contribution in [3.8, 4) is 0 Å². The zero-order valence-electron chi connectivity index (χ0n) is 17.1. The van der Waals surface area contributed by atoms with Crippen LogP contribution in [0.1, 0.15) is 56.6 Å². The summed E-state index contributed by atoms with van der Waals surface area (Å²) in [5, 5.41) is 2.85. The van der Waals surface area contributed by atoms with Crippen LogP contribution in [0.15, 0.2) is 12.1 Å². The number of anilines is 1. The number of hydrogen-bond donors (Lipinski definition) is 1. The number of nitrogens with one attached hydrogen (secondary N) is 1. The van der Waals surface area contributed by atoms with Crippen LogP contribution in [0.25, 0.3) is 0 Å². The van der Waals surface area contributed by atoms with Gasteiger partial charge in [0.2, 0.25) is 5.91 Å². The van der Waals surface area contributed by atoms with E-state index in [0.29, 0.717) is 31.7 Å². The number of imide groups is 1. The molecule has 3 aliphatic rings. The van der Waals surface area contributed by atoms with Gasteiger partial charge in [-0.3, -0.25) is 14.5 Å². The van der Waals surface area contributed by atoms with Crippen LogP contribution >= 0.6 is 0 Å². The van der Waals surface area contributed by atoms with Gasteiger partial charge in [0.25, 0.3) is 5.91 Å². The normalized spacial score (nSPS) is 26.7. The summed E-state index contributed by atoms with van der Waals surface area (Å²) in [5.74, 6) is -0.583. The van der Waals surface area contributed by atoms with Crippen molar-refractivity contribution in [1.82, 2.24) is 10.2 Å². The van der Waals surface area contributed by atoms with Gasteiger partial charge in [-0.2, -0.15) is 0 Å². The Morgan fingerprint density at radius 3 is 2.69 bits per heavy atom. The molecule has 0 bridgehead atoms. The van der Waals surface area contributed by atoms with Gasteiger partial charge in [-0.25, -0.2) is 9.18 Å². The zero-order chi connectivity index (χ0) is 20.8. The van der Waals surface area contributed by atoms with Gasteiger partial charge in [0.1, 0.15) is 17.9 Å². The molecule has 1 spiro atoms. The third-order valence-corrected chi connectivity index (χ3v) is 6.76. The molecule has 6 nitrogen and oxygen atoms in total. The lowest BCUT2D eigenvalue weighted by atomic mass is 9.75. The molecule has 2 aliphatic heterocycles. The van der Waals surface area contributed by atoms with Crippen molar-refractivity contribution < 1.29 is 18.8 Å². The lowest BCUT2D eigenvalue weighted by Crippen LogP contribution is -2.50. The standard InChI is InChI=1S/C22H28FN3O3/c1-3-15-6-8-22(9-7-15)20(28)26(21(29)24-22)13-18(27)25-10-4-5-16-11-14(2)12-17(23)19(16)25/h11-12,15H,3-10,13H2,1-2H3,(H,24,29). The zero-order valence-corrected chi connectivity index (χ0v) is 17.1. The van der Waals surface area contributed by atoms with Crippen molar-refractivity contribution in [3.05, 3.63) is 29.1 Å². The van der Waals surface area contributed by atoms with E-state index in [-0.39, 0.29) is 18.1 Å². The van der Waals surface area contributed by atoms with Gasteiger partial charge < -0.3 is 10.2 Å². The van der Waals surface area contributed by atoms with Crippen LogP contribution in [0, 0.1) is 18.7 Å². The Hall–Kier alpha value is -2.44. The Balaban J connectivity index is 1.51. The lowest BCUT2D eigenvalue weighted by molar-refractivity contribution is -0.135. The lowest BCUT2D eigenvalue weighted by Gasteiger charge is -2.35. The fourth-order valence-corrected chi connectivity index (χ4v) is 5.05. The summed E-state index contributed by atoms with van der Waals surface area (Å²) in [6.45, 7) is 4.00. The number of carbonyl (C=O) groups excluding carboxylic acids is 3. The van der Waals surface area contributed by atoms with E-state index in [1.807, 2.05) is 13.0 Å². The van der Waals surface area contributed by atoms with E-state index < -0.39 is 23.3 Å². The Labute approximate surface area is 170 Å². The highest BCUT2D eigenvalue weighted by molar-refractivity contribution is 6.10. The summed E-state index contributed by atoms with van der Waals surface area (Å²) in [5.41, 5.74) is 1.03. The van der Waals surface area contributed by atoms with E-state index >= 15 is 0 Å². The molecule has 1 aromatic rings. The number of halogens is 1. The molecule has 156 valence electrons. The van der Waals surface area contributed by atoms with Crippen LogP contribution in [0.3, 0.4) is 0 Å². The van der Waals surface area contributed by atoms with Gasteiger partial charge in [-0.1, -0.05) is 19.4 Å². The molecule has 7 heteroatoms. The first-order valence-corrected chi connectivity index (χ1v) is 10.6. The summed E-state index contributed by atoms with van der Waals surface area (Å²) in [7, 11) is 0.